The molecule has 120 valence electrons. The summed E-state index contributed by atoms with van der Waals surface area (Å²) in [6.07, 6.45) is 5.31. The first-order valence-electron chi connectivity index (χ1n) is 7.89. The molecule has 1 aromatic heterocycles. The number of carbonyl (C=O) groups excluding carboxylic acids is 1. The Morgan fingerprint density at radius 1 is 1.30 bits per heavy atom. The van der Waals surface area contributed by atoms with Crippen LogP contribution in [0.25, 0.3) is 0 Å². The van der Waals surface area contributed by atoms with Crippen LogP contribution in [0.15, 0.2) is 48.8 Å². The summed E-state index contributed by atoms with van der Waals surface area (Å²) in [5, 5.41) is 3.74. The second-order valence-corrected chi connectivity index (χ2v) is 6.30. The Morgan fingerprint density at radius 2 is 2.17 bits per heavy atom. The van der Waals surface area contributed by atoms with Gasteiger partial charge in [-0.2, -0.15) is 0 Å². The molecule has 1 fully saturated rings. The highest BCUT2D eigenvalue weighted by atomic mass is 35.5. The van der Waals surface area contributed by atoms with Crippen molar-refractivity contribution >= 4 is 23.2 Å². The number of benzene rings is 1. The molecule has 0 radical (unpaired) electrons. The van der Waals surface area contributed by atoms with E-state index in [-0.39, 0.29) is 11.8 Å². The lowest BCUT2D eigenvalue weighted by atomic mass is 9.96. The molecule has 5 heteroatoms. The summed E-state index contributed by atoms with van der Waals surface area (Å²) >= 11 is 6.24. The van der Waals surface area contributed by atoms with Crippen molar-refractivity contribution in [2.75, 3.05) is 18.4 Å². The Morgan fingerprint density at radius 3 is 2.96 bits per heavy atom. The van der Waals surface area contributed by atoms with E-state index in [4.69, 9.17) is 11.6 Å². The topological polar surface area (TPSA) is 45.2 Å². The van der Waals surface area contributed by atoms with E-state index in [1.165, 1.54) is 0 Å². The lowest BCUT2D eigenvalue weighted by molar-refractivity contribution is -0.121. The molecular formula is C18H20ClN3O. The molecule has 1 unspecified atom stereocenters. The van der Waals surface area contributed by atoms with Gasteiger partial charge in [0.15, 0.2) is 0 Å². The number of aromatic nitrogens is 1. The minimum Gasteiger partial charge on any atom is -0.324 e. The van der Waals surface area contributed by atoms with Gasteiger partial charge in [-0.05, 0) is 43.1 Å². The SMILES string of the molecule is O=C(Nc1cccnc1)C1CCCN(Cc2ccccc2Cl)C1. The Labute approximate surface area is 141 Å². The summed E-state index contributed by atoms with van der Waals surface area (Å²) in [5.41, 5.74) is 1.86. The van der Waals surface area contributed by atoms with Crippen LogP contribution in [0.4, 0.5) is 5.69 Å². The van der Waals surface area contributed by atoms with Gasteiger partial charge in [0.1, 0.15) is 0 Å². The normalized spacial score (nSPS) is 18.6. The maximum atomic E-state index is 12.4. The number of hydrogen-bond acceptors (Lipinski definition) is 3. The van der Waals surface area contributed by atoms with E-state index in [0.717, 1.165) is 48.7 Å². The summed E-state index contributed by atoms with van der Waals surface area (Å²) in [6.45, 7) is 2.55. The molecule has 0 bridgehead atoms. The van der Waals surface area contributed by atoms with E-state index in [0.29, 0.717) is 0 Å². The van der Waals surface area contributed by atoms with Gasteiger partial charge in [0.25, 0.3) is 0 Å². The van der Waals surface area contributed by atoms with Gasteiger partial charge in [0, 0.05) is 24.3 Å². The first-order chi connectivity index (χ1) is 11.2. The number of piperidine rings is 1. The minimum absolute atomic E-state index is 0.00597. The number of carbonyl (C=O) groups is 1. The standard InChI is InChI=1S/C18H20ClN3O/c19-17-8-2-1-5-14(17)12-22-10-4-6-15(13-22)18(23)21-16-7-3-9-20-11-16/h1-3,5,7-9,11,15H,4,6,10,12-13H2,(H,21,23). The Hall–Kier alpha value is -1.91. The lowest BCUT2D eigenvalue weighted by Crippen LogP contribution is -2.40. The molecule has 4 nitrogen and oxygen atoms in total. The van der Waals surface area contributed by atoms with Crippen LogP contribution < -0.4 is 5.32 Å². The number of anilines is 1. The van der Waals surface area contributed by atoms with Gasteiger partial charge >= 0.3 is 0 Å². The largest absolute Gasteiger partial charge is 0.324 e. The van der Waals surface area contributed by atoms with E-state index < -0.39 is 0 Å². The van der Waals surface area contributed by atoms with Gasteiger partial charge in [0.05, 0.1) is 17.8 Å². The maximum absolute atomic E-state index is 12.4. The van der Waals surface area contributed by atoms with Crippen molar-refractivity contribution < 1.29 is 4.79 Å². The summed E-state index contributed by atoms with van der Waals surface area (Å²) in [5.74, 6) is 0.0771. The molecule has 1 aliphatic rings. The number of amides is 1. The smallest absolute Gasteiger partial charge is 0.228 e. The predicted molar refractivity (Wildman–Crippen MR) is 92.3 cm³/mol. The fraction of sp³-hybridized carbons (Fsp3) is 0.333. The maximum Gasteiger partial charge on any atom is 0.228 e. The van der Waals surface area contributed by atoms with Gasteiger partial charge in [-0.15, -0.1) is 0 Å². The van der Waals surface area contributed by atoms with Crippen LogP contribution in [0.3, 0.4) is 0 Å². The average Bonchev–Trinajstić information content (AvgIpc) is 2.58. The van der Waals surface area contributed by atoms with E-state index >= 15 is 0 Å². The molecule has 1 aromatic carbocycles. The minimum atomic E-state index is 0.00597. The highest BCUT2D eigenvalue weighted by molar-refractivity contribution is 6.31. The van der Waals surface area contributed by atoms with Gasteiger partial charge < -0.3 is 5.32 Å². The number of nitrogens with one attached hydrogen (secondary N) is 1. The average molecular weight is 330 g/mol. The molecule has 0 saturated carbocycles. The summed E-state index contributed by atoms with van der Waals surface area (Å²) in [7, 11) is 0. The number of halogens is 1. The number of likely N-dealkylation sites (tertiary alicyclic amines) is 1. The van der Waals surface area contributed by atoms with Crippen molar-refractivity contribution in [3.8, 4) is 0 Å². The number of rotatable bonds is 4. The molecule has 3 rings (SSSR count). The van der Waals surface area contributed by atoms with Gasteiger partial charge in [-0.3, -0.25) is 14.7 Å². The zero-order valence-electron chi connectivity index (χ0n) is 12.9. The van der Waals surface area contributed by atoms with Crippen LogP contribution in [0, 0.1) is 5.92 Å². The van der Waals surface area contributed by atoms with Crippen molar-refractivity contribution in [3.63, 3.8) is 0 Å². The van der Waals surface area contributed by atoms with Gasteiger partial charge in [0.2, 0.25) is 5.91 Å². The number of pyridine rings is 1. The molecule has 1 atom stereocenters. The second kappa shape index (κ2) is 7.57. The van der Waals surface area contributed by atoms with E-state index in [9.17, 15) is 4.79 Å². The third kappa shape index (κ3) is 4.30. The van der Waals surface area contributed by atoms with Crippen LogP contribution in [-0.2, 0) is 11.3 Å². The first kappa shape index (κ1) is 16.0. The zero-order valence-corrected chi connectivity index (χ0v) is 13.7. The lowest BCUT2D eigenvalue weighted by Gasteiger charge is -2.32. The molecule has 2 aromatic rings. The third-order valence-corrected chi connectivity index (χ3v) is 4.53. The van der Waals surface area contributed by atoms with Crippen LogP contribution >= 0.6 is 11.6 Å². The molecule has 0 aliphatic carbocycles. The van der Waals surface area contributed by atoms with Crippen molar-refractivity contribution in [2.24, 2.45) is 5.92 Å². The fourth-order valence-corrected chi connectivity index (χ4v) is 3.16. The highest BCUT2D eigenvalue weighted by Crippen LogP contribution is 2.23. The van der Waals surface area contributed by atoms with Gasteiger partial charge in [-0.1, -0.05) is 29.8 Å². The number of hydrogen-bond donors (Lipinski definition) is 1. The molecule has 1 saturated heterocycles. The van der Waals surface area contributed by atoms with E-state index in [2.05, 4.69) is 15.2 Å². The van der Waals surface area contributed by atoms with Crippen LogP contribution in [-0.4, -0.2) is 28.9 Å². The second-order valence-electron chi connectivity index (χ2n) is 5.90. The Bertz CT molecular complexity index is 662. The Kier molecular flexibility index (Phi) is 5.26. The zero-order chi connectivity index (χ0) is 16.1. The summed E-state index contributed by atoms with van der Waals surface area (Å²) in [4.78, 5) is 18.8. The van der Waals surface area contributed by atoms with Crippen LogP contribution in [0.1, 0.15) is 18.4 Å². The summed E-state index contributed by atoms with van der Waals surface area (Å²) in [6, 6.07) is 11.6. The van der Waals surface area contributed by atoms with Crippen LogP contribution in [0.2, 0.25) is 5.02 Å². The van der Waals surface area contributed by atoms with Crippen molar-refractivity contribution in [2.45, 2.75) is 19.4 Å². The molecule has 0 spiro atoms. The Balaban J connectivity index is 1.59. The molecule has 1 aliphatic heterocycles. The highest BCUT2D eigenvalue weighted by Gasteiger charge is 2.26. The fourth-order valence-electron chi connectivity index (χ4n) is 2.96. The van der Waals surface area contributed by atoms with E-state index in [1.54, 1.807) is 12.4 Å². The molecule has 2 heterocycles. The quantitative estimate of drug-likeness (QED) is 0.932. The van der Waals surface area contributed by atoms with Crippen LogP contribution in [0.5, 0.6) is 0 Å². The summed E-state index contributed by atoms with van der Waals surface area (Å²) < 4.78 is 0. The monoisotopic (exact) mass is 329 g/mol. The molecule has 1 amide bonds. The third-order valence-electron chi connectivity index (χ3n) is 4.16. The van der Waals surface area contributed by atoms with Crippen molar-refractivity contribution in [1.82, 2.24) is 9.88 Å². The van der Waals surface area contributed by atoms with Crippen molar-refractivity contribution in [3.05, 3.63) is 59.4 Å². The number of nitrogens with zero attached hydrogens (tertiary/aromatic N) is 2. The van der Waals surface area contributed by atoms with Crippen molar-refractivity contribution in [1.29, 1.82) is 0 Å². The first-order valence-corrected chi connectivity index (χ1v) is 8.27. The molecule has 23 heavy (non-hydrogen) atoms. The van der Waals surface area contributed by atoms with Gasteiger partial charge in [-0.25, -0.2) is 0 Å². The predicted octanol–water partition coefficient (Wildman–Crippen LogP) is 3.59. The van der Waals surface area contributed by atoms with E-state index in [1.807, 2.05) is 36.4 Å². The molecule has 1 N–H and O–H groups in total. The molecular weight excluding hydrogens is 310 g/mol.